The number of hydrogen-bond donors (Lipinski definition) is 0. The molecular weight excluding hydrogens is 712 g/mol. The molecule has 0 N–H and O–H groups in total. The Morgan fingerprint density at radius 3 is 1.88 bits per heavy atom. The van der Waals surface area contributed by atoms with E-state index in [1.807, 2.05) is 35.6 Å². The van der Waals surface area contributed by atoms with Gasteiger partial charge in [0.1, 0.15) is 0 Å². The van der Waals surface area contributed by atoms with Gasteiger partial charge in [-0.15, -0.1) is 11.3 Å². The summed E-state index contributed by atoms with van der Waals surface area (Å²) in [6, 6.07) is 41.0. The van der Waals surface area contributed by atoms with Gasteiger partial charge in [-0.2, -0.15) is 9.97 Å². The van der Waals surface area contributed by atoms with E-state index >= 15 is 0 Å². The predicted molar refractivity (Wildman–Crippen MR) is 214 cm³/mol. The Balaban J connectivity index is 1.28. The molecule has 11 aromatic rings. The lowest BCUT2D eigenvalue weighted by Crippen LogP contribution is -2.06. The van der Waals surface area contributed by atoms with Crippen molar-refractivity contribution in [1.29, 1.82) is 0 Å². The summed E-state index contributed by atoms with van der Waals surface area (Å²) >= 11 is 5.59. The van der Waals surface area contributed by atoms with Gasteiger partial charge in [0.05, 0.1) is 15.7 Å². The van der Waals surface area contributed by atoms with Gasteiger partial charge in [-0.05, 0) is 80.8 Å². The molecule has 0 radical (unpaired) electrons. The van der Waals surface area contributed by atoms with E-state index in [2.05, 4.69) is 121 Å². The number of halogens is 1. The van der Waals surface area contributed by atoms with E-state index in [4.69, 9.17) is 15.0 Å². The van der Waals surface area contributed by atoms with Crippen LogP contribution in [-0.2, 0) is 0 Å². The summed E-state index contributed by atoms with van der Waals surface area (Å²) in [7, 11) is 0. The lowest BCUT2D eigenvalue weighted by atomic mass is 9.93. The van der Waals surface area contributed by atoms with Crippen LogP contribution in [0.15, 0.2) is 145 Å². The molecule has 0 unspecified atom stereocenters. The molecule has 0 bridgehead atoms. The monoisotopic (exact) mass is 734 g/mol. The van der Waals surface area contributed by atoms with Crippen LogP contribution < -0.4 is 0 Å². The third-order valence-corrected chi connectivity index (χ3v) is 11.5. The fourth-order valence-corrected chi connectivity index (χ4v) is 9.24. The summed E-state index contributed by atoms with van der Waals surface area (Å²) in [4.78, 5) is 23.8. The minimum atomic E-state index is 0.542. The van der Waals surface area contributed by atoms with Gasteiger partial charge in [0.25, 0.3) is 0 Å². The number of hydrogen-bond acceptors (Lipinski definition) is 6. The van der Waals surface area contributed by atoms with Gasteiger partial charge < -0.3 is 0 Å². The number of thiophene rings is 1. The number of fused-ring (bicyclic) bond motifs is 13. The quantitative estimate of drug-likeness (QED) is 0.169. The van der Waals surface area contributed by atoms with E-state index in [1.54, 1.807) is 24.8 Å². The number of pyridine rings is 2. The van der Waals surface area contributed by atoms with E-state index < -0.39 is 0 Å². The lowest BCUT2D eigenvalue weighted by Gasteiger charge is -2.11. The largest absolute Gasteiger partial charge is 0.276 e. The molecule has 0 saturated heterocycles. The molecular formula is C43H23BrN6S. The Kier molecular flexibility index (Phi) is 6.17. The van der Waals surface area contributed by atoms with Gasteiger partial charge in [0.15, 0.2) is 11.6 Å². The second-order valence-electron chi connectivity index (χ2n) is 12.7. The van der Waals surface area contributed by atoms with Gasteiger partial charge in [0, 0.05) is 66.6 Å². The first-order chi connectivity index (χ1) is 25.2. The summed E-state index contributed by atoms with van der Waals surface area (Å²) in [5.41, 5.74) is 3.76. The molecule has 0 fully saturated rings. The highest BCUT2D eigenvalue weighted by Gasteiger charge is 2.22. The fourth-order valence-electron chi connectivity index (χ4n) is 7.63. The van der Waals surface area contributed by atoms with E-state index in [0.29, 0.717) is 17.6 Å². The van der Waals surface area contributed by atoms with Crippen LogP contribution in [0.3, 0.4) is 0 Å². The van der Waals surface area contributed by atoms with Crippen molar-refractivity contribution in [1.82, 2.24) is 29.5 Å². The summed E-state index contributed by atoms with van der Waals surface area (Å²) < 4.78 is 5.62. The highest BCUT2D eigenvalue weighted by atomic mass is 79.9. The average Bonchev–Trinajstić information content (AvgIpc) is 3.72. The van der Waals surface area contributed by atoms with E-state index in [9.17, 15) is 0 Å². The number of benzene rings is 6. The van der Waals surface area contributed by atoms with E-state index in [0.717, 1.165) is 37.4 Å². The molecule has 5 heterocycles. The molecule has 0 aliphatic rings. The minimum Gasteiger partial charge on any atom is -0.276 e. The molecule has 8 heteroatoms. The average molecular weight is 736 g/mol. The molecule has 6 aromatic carbocycles. The van der Waals surface area contributed by atoms with Gasteiger partial charge in [-0.25, -0.2) is 4.98 Å². The van der Waals surface area contributed by atoms with Crippen LogP contribution in [0.4, 0.5) is 0 Å². The lowest BCUT2D eigenvalue weighted by molar-refractivity contribution is 0.954. The maximum Gasteiger partial charge on any atom is 0.238 e. The molecule has 0 aliphatic carbocycles. The van der Waals surface area contributed by atoms with Crippen molar-refractivity contribution in [3.8, 4) is 28.7 Å². The normalized spacial score (nSPS) is 12.0. The zero-order valence-corrected chi connectivity index (χ0v) is 29.2. The maximum atomic E-state index is 5.16. The highest BCUT2D eigenvalue weighted by Crippen LogP contribution is 2.46. The fraction of sp³-hybridized carbons (Fsp3) is 0. The molecule has 0 amide bonds. The van der Waals surface area contributed by atoms with Gasteiger partial charge in [-0.1, -0.05) is 82.7 Å². The van der Waals surface area contributed by atoms with Crippen molar-refractivity contribution in [3.05, 3.63) is 145 Å². The number of rotatable bonds is 3. The molecule has 11 rings (SSSR count). The van der Waals surface area contributed by atoms with Crippen LogP contribution in [0.2, 0.25) is 0 Å². The van der Waals surface area contributed by atoms with Crippen molar-refractivity contribution in [2.75, 3.05) is 0 Å². The SMILES string of the molecule is Brc1ccc2c3ccc4c5cc6c7ccccc7c7ccccc7c6cc5sc4c3n(-c3nc(-c4ccncc4)nc(-c4cccnc4)n3)c2c1. The number of nitrogens with zero attached hydrogens (tertiary/aromatic N) is 6. The van der Waals surface area contributed by atoms with Crippen LogP contribution in [0.25, 0.3) is 103 Å². The smallest absolute Gasteiger partial charge is 0.238 e. The molecule has 238 valence electrons. The zero-order chi connectivity index (χ0) is 33.6. The van der Waals surface area contributed by atoms with E-state index in [1.165, 1.54) is 52.5 Å². The van der Waals surface area contributed by atoms with Gasteiger partial charge >= 0.3 is 0 Å². The topological polar surface area (TPSA) is 69.4 Å². The number of aromatic nitrogens is 6. The second-order valence-corrected chi connectivity index (χ2v) is 14.7. The first kappa shape index (κ1) is 28.7. The summed E-state index contributed by atoms with van der Waals surface area (Å²) in [5.74, 6) is 1.67. The second kappa shape index (κ2) is 11.0. The Morgan fingerprint density at radius 2 is 1.16 bits per heavy atom. The zero-order valence-electron chi connectivity index (χ0n) is 26.7. The van der Waals surface area contributed by atoms with Crippen LogP contribution in [0.1, 0.15) is 0 Å². The molecule has 0 spiro atoms. The first-order valence-electron chi connectivity index (χ1n) is 16.6. The van der Waals surface area contributed by atoms with Gasteiger partial charge in [0.2, 0.25) is 5.95 Å². The molecule has 0 aliphatic heterocycles. The van der Waals surface area contributed by atoms with Crippen molar-refractivity contribution in [2.24, 2.45) is 0 Å². The van der Waals surface area contributed by atoms with Gasteiger partial charge in [-0.3, -0.25) is 14.5 Å². The van der Waals surface area contributed by atoms with Crippen molar-refractivity contribution < 1.29 is 0 Å². The molecule has 6 nitrogen and oxygen atoms in total. The summed E-state index contributed by atoms with van der Waals surface area (Å²) in [5, 5.41) is 12.3. The van der Waals surface area contributed by atoms with Crippen LogP contribution >= 0.6 is 27.3 Å². The van der Waals surface area contributed by atoms with Crippen LogP contribution in [0, 0.1) is 0 Å². The van der Waals surface area contributed by atoms with Crippen molar-refractivity contribution in [2.45, 2.75) is 0 Å². The first-order valence-corrected chi connectivity index (χ1v) is 18.2. The van der Waals surface area contributed by atoms with Crippen molar-refractivity contribution in [3.63, 3.8) is 0 Å². The Morgan fingerprint density at radius 1 is 0.490 bits per heavy atom. The third-order valence-electron chi connectivity index (χ3n) is 9.87. The third kappa shape index (κ3) is 4.30. The summed E-state index contributed by atoms with van der Waals surface area (Å²) in [6.45, 7) is 0. The predicted octanol–water partition coefficient (Wildman–Crippen LogP) is 11.7. The van der Waals surface area contributed by atoms with E-state index in [-0.39, 0.29) is 0 Å². The van der Waals surface area contributed by atoms with Crippen LogP contribution in [-0.4, -0.2) is 29.5 Å². The Bertz CT molecular complexity index is 3150. The standard InChI is InChI=1S/C43H23BrN6S/c44-26-11-12-31-32-13-14-33-36-21-34-29-9-3-1-7-27(29)28-8-2-4-10-30(28)35(34)22-38(36)51-40(33)39(32)50(37(31)20-26)43-48-41(24-15-18-45-19-16-24)47-42(49-43)25-6-5-17-46-23-25/h1-23H. The molecule has 5 aromatic heterocycles. The molecule has 0 atom stereocenters. The maximum absolute atomic E-state index is 5.16. The highest BCUT2D eigenvalue weighted by molar-refractivity contribution is 9.10. The Hall–Kier alpha value is -6.09. The molecule has 0 saturated carbocycles. The van der Waals surface area contributed by atoms with Crippen molar-refractivity contribution >= 4 is 102 Å². The minimum absolute atomic E-state index is 0.542. The molecule has 51 heavy (non-hydrogen) atoms. The van der Waals surface area contributed by atoms with Crippen LogP contribution in [0.5, 0.6) is 0 Å². The Labute approximate surface area is 302 Å². The summed E-state index contributed by atoms with van der Waals surface area (Å²) in [6.07, 6.45) is 7.07.